The summed E-state index contributed by atoms with van der Waals surface area (Å²) in [5.74, 6) is 2.20. The van der Waals surface area contributed by atoms with E-state index in [4.69, 9.17) is 15.2 Å². The van der Waals surface area contributed by atoms with Crippen LogP contribution in [0.1, 0.15) is 32.1 Å². The predicted molar refractivity (Wildman–Crippen MR) is 59.4 cm³/mol. The van der Waals surface area contributed by atoms with Crippen molar-refractivity contribution in [2.75, 3.05) is 26.6 Å². The van der Waals surface area contributed by atoms with Crippen molar-refractivity contribution in [1.29, 1.82) is 0 Å². The van der Waals surface area contributed by atoms with Crippen LogP contribution in [-0.2, 0) is 9.47 Å². The highest BCUT2D eigenvalue weighted by molar-refractivity contribution is 4.77. The molecule has 2 aliphatic rings. The van der Waals surface area contributed by atoms with Crippen molar-refractivity contribution in [3.8, 4) is 0 Å². The molecule has 0 saturated heterocycles. The Morgan fingerprint density at radius 2 is 1.67 bits per heavy atom. The minimum Gasteiger partial charge on any atom is -0.355 e. The Balaban J connectivity index is 1.48. The van der Waals surface area contributed by atoms with Crippen molar-refractivity contribution in [2.24, 2.45) is 23.5 Å². The Labute approximate surface area is 92.3 Å². The van der Waals surface area contributed by atoms with Crippen LogP contribution in [0, 0.1) is 17.8 Å². The van der Waals surface area contributed by atoms with E-state index < -0.39 is 0 Å². The second-order valence-corrected chi connectivity index (χ2v) is 4.99. The summed E-state index contributed by atoms with van der Waals surface area (Å²) < 4.78 is 11.0. The predicted octanol–water partition coefficient (Wildman–Crippen LogP) is 1.76. The van der Waals surface area contributed by atoms with E-state index in [1.165, 1.54) is 32.1 Å². The zero-order valence-electron chi connectivity index (χ0n) is 9.49. The lowest BCUT2D eigenvalue weighted by molar-refractivity contribution is -0.0703. The van der Waals surface area contributed by atoms with Crippen LogP contribution in [0.25, 0.3) is 0 Å². The first-order valence-electron chi connectivity index (χ1n) is 6.25. The molecule has 0 spiro atoms. The summed E-state index contributed by atoms with van der Waals surface area (Å²) in [5.41, 5.74) is 5.72. The Kier molecular flexibility index (Phi) is 4.42. The van der Waals surface area contributed by atoms with Gasteiger partial charge in [0.15, 0.2) is 0 Å². The summed E-state index contributed by atoms with van der Waals surface area (Å²) in [7, 11) is 0. The minimum absolute atomic E-state index is 0.476. The fourth-order valence-electron chi connectivity index (χ4n) is 2.40. The SMILES string of the molecule is NCC1CCCC1COCOCC1CC1. The molecular weight excluding hydrogens is 190 g/mol. The molecule has 2 N–H and O–H groups in total. The molecule has 0 bridgehead atoms. The number of hydrogen-bond donors (Lipinski definition) is 1. The molecule has 2 aliphatic carbocycles. The highest BCUT2D eigenvalue weighted by atomic mass is 16.7. The molecule has 0 aromatic carbocycles. The van der Waals surface area contributed by atoms with Gasteiger partial charge in [-0.1, -0.05) is 6.42 Å². The normalized spacial score (nSPS) is 31.0. The zero-order chi connectivity index (χ0) is 10.5. The summed E-state index contributed by atoms with van der Waals surface area (Å²) in [6, 6.07) is 0. The van der Waals surface area contributed by atoms with Gasteiger partial charge >= 0.3 is 0 Å². The minimum atomic E-state index is 0.476. The van der Waals surface area contributed by atoms with E-state index in [1.54, 1.807) is 0 Å². The standard InChI is InChI=1S/C12H23NO2/c13-6-11-2-1-3-12(11)8-15-9-14-7-10-4-5-10/h10-12H,1-9,13H2. The van der Waals surface area contributed by atoms with Gasteiger partial charge in [-0.3, -0.25) is 0 Å². The summed E-state index contributed by atoms with van der Waals surface area (Å²) >= 11 is 0. The molecule has 88 valence electrons. The Hall–Kier alpha value is -0.120. The molecule has 3 heteroatoms. The summed E-state index contributed by atoms with van der Waals surface area (Å²) in [4.78, 5) is 0. The number of rotatable bonds is 7. The summed E-state index contributed by atoms with van der Waals surface area (Å²) in [5, 5.41) is 0. The van der Waals surface area contributed by atoms with Crippen LogP contribution < -0.4 is 5.73 Å². The Bertz CT molecular complexity index is 182. The van der Waals surface area contributed by atoms with Gasteiger partial charge in [-0.2, -0.15) is 0 Å². The van der Waals surface area contributed by atoms with E-state index in [9.17, 15) is 0 Å². The van der Waals surface area contributed by atoms with E-state index in [-0.39, 0.29) is 0 Å². The van der Waals surface area contributed by atoms with Gasteiger partial charge < -0.3 is 15.2 Å². The van der Waals surface area contributed by atoms with Gasteiger partial charge in [0.05, 0.1) is 13.2 Å². The van der Waals surface area contributed by atoms with Gasteiger partial charge in [0.2, 0.25) is 0 Å². The first-order chi connectivity index (χ1) is 7.40. The zero-order valence-corrected chi connectivity index (χ0v) is 9.49. The molecule has 2 unspecified atom stereocenters. The van der Waals surface area contributed by atoms with Gasteiger partial charge in [-0.15, -0.1) is 0 Å². The number of nitrogens with two attached hydrogens (primary N) is 1. The van der Waals surface area contributed by atoms with E-state index in [0.717, 1.165) is 25.7 Å². The van der Waals surface area contributed by atoms with E-state index in [0.29, 0.717) is 18.6 Å². The third kappa shape index (κ3) is 3.74. The van der Waals surface area contributed by atoms with Crippen LogP contribution in [0.4, 0.5) is 0 Å². The average molecular weight is 213 g/mol. The Morgan fingerprint density at radius 1 is 0.933 bits per heavy atom. The first kappa shape index (κ1) is 11.4. The molecule has 0 radical (unpaired) electrons. The van der Waals surface area contributed by atoms with E-state index >= 15 is 0 Å². The maximum absolute atomic E-state index is 5.72. The van der Waals surface area contributed by atoms with E-state index in [2.05, 4.69) is 0 Å². The highest BCUT2D eigenvalue weighted by Crippen LogP contribution is 2.31. The molecule has 2 rings (SSSR count). The second kappa shape index (κ2) is 5.83. The molecule has 2 fully saturated rings. The van der Waals surface area contributed by atoms with Crippen molar-refractivity contribution in [3.63, 3.8) is 0 Å². The third-order valence-corrected chi connectivity index (χ3v) is 3.67. The maximum atomic E-state index is 5.72. The molecule has 2 saturated carbocycles. The fourth-order valence-corrected chi connectivity index (χ4v) is 2.40. The highest BCUT2D eigenvalue weighted by Gasteiger charge is 2.26. The van der Waals surface area contributed by atoms with Crippen molar-refractivity contribution in [2.45, 2.75) is 32.1 Å². The Morgan fingerprint density at radius 3 is 2.40 bits per heavy atom. The van der Waals surface area contributed by atoms with Crippen LogP contribution in [0.15, 0.2) is 0 Å². The van der Waals surface area contributed by atoms with Gasteiger partial charge in [0, 0.05) is 0 Å². The van der Waals surface area contributed by atoms with Gasteiger partial charge in [-0.25, -0.2) is 0 Å². The molecule has 3 nitrogen and oxygen atoms in total. The summed E-state index contributed by atoms with van der Waals surface area (Å²) in [6.07, 6.45) is 6.58. The number of ether oxygens (including phenoxy) is 2. The summed E-state index contributed by atoms with van der Waals surface area (Å²) in [6.45, 7) is 3.03. The van der Waals surface area contributed by atoms with Crippen LogP contribution in [0.2, 0.25) is 0 Å². The van der Waals surface area contributed by atoms with Crippen molar-refractivity contribution < 1.29 is 9.47 Å². The molecular formula is C12H23NO2. The van der Waals surface area contributed by atoms with Crippen molar-refractivity contribution >= 4 is 0 Å². The van der Waals surface area contributed by atoms with Gasteiger partial charge in [0.25, 0.3) is 0 Å². The van der Waals surface area contributed by atoms with Crippen molar-refractivity contribution in [3.05, 3.63) is 0 Å². The maximum Gasteiger partial charge on any atom is 0.146 e. The number of hydrogen-bond acceptors (Lipinski definition) is 3. The van der Waals surface area contributed by atoms with Crippen LogP contribution in [0.5, 0.6) is 0 Å². The van der Waals surface area contributed by atoms with Gasteiger partial charge in [-0.05, 0) is 50.0 Å². The smallest absolute Gasteiger partial charge is 0.146 e. The lowest BCUT2D eigenvalue weighted by Crippen LogP contribution is -2.22. The largest absolute Gasteiger partial charge is 0.355 e. The molecule has 0 heterocycles. The fraction of sp³-hybridized carbons (Fsp3) is 1.00. The second-order valence-electron chi connectivity index (χ2n) is 4.99. The monoisotopic (exact) mass is 213 g/mol. The van der Waals surface area contributed by atoms with Crippen LogP contribution in [0.3, 0.4) is 0 Å². The topological polar surface area (TPSA) is 44.5 Å². The molecule has 0 amide bonds. The van der Waals surface area contributed by atoms with Gasteiger partial charge in [0.1, 0.15) is 6.79 Å². The van der Waals surface area contributed by atoms with Crippen LogP contribution >= 0.6 is 0 Å². The first-order valence-corrected chi connectivity index (χ1v) is 6.25. The van der Waals surface area contributed by atoms with E-state index in [1.807, 2.05) is 0 Å². The third-order valence-electron chi connectivity index (χ3n) is 3.67. The molecule has 2 atom stereocenters. The molecule has 0 aliphatic heterocycles. The lowest BCUT2D eigenvalue weighted by atomic mass is 9.97. The molecule has 0 aromatic rings. The van der Waals surface area contributed by atoms with Crippen molar-refractivity contribution in [1.82, 2.24) is 0 Å². The quantitative estimate of drug-likeness (QED) is 0.518. The molecule has 0 aromatic heterocycles. The average Bonchev–Trinajstić information content (AvgIpc) is 2.96. The lowest BCUT2D eigenvalue weighted by Gasteiger charge is -2.17. The molecule has 15 heavy (non-hydrogen) atoms. The van der Waals surface area contributed by atoms with Crippen LogP contribution in [-0.4, -0.2) is 26.6 Å².